The van der Waals surface area contributed by atoms with Gasteiger partial charge in [0, 0.05) is 44.1 Å². The third kappa shape index (κ3) is 6.20. The minimum atomic E-state index is -0.608. The molecule has 1 aliphatic heterocycles. The van der Waals surface area contributed by atoms with Gasteiger partial charge in [-0.25, -0.2) is 4.98 Å². The molecule has 3 amide bonds. The number of rotatable bonds is 9. The fraction of sp³-hybridized carbons (Fsp3) is 0.192. The van der Waals surface area contributed by atoms with Gasteiger partial charge in [-0.3, -0.25) is 19.4 Å². The van der Waals surface area contributed by atoms with Crippen LogP contribution in [-0.2, 0) is 4.79 Å². The van der Waals surface area contributed by atoms with Gasteiger partial charge in [0.1, 0.15) is 28.8 Å². The number of carbonyl (C=O) groups excluding carboxylic acids is 3. The smallest absolute Gasteiger partial charge is 0.269 e. The lowest BCUT2D eigenvalue weighted by Gasteiger charge is -2.20. The molecule has 11 heteroatoms. The maximum atomic E-state index is 12.0. The van der Waals surface area contributed by atoms with Crippen LogP contribution < -0.4 is 31.3 Å². The van der Waals surface area contributed by atoms with Crippen molar-refractivity contribution >= 4 is 35.0 Å². The first kappa shape index (κ1) is 25.2. The molecule has 1 atom stereocenters. The Hall–Kier alpha value is -4.93. The van der Waals surface area contributed by atoms with Gasteiger partial charge in [0.05, 0.1) is 5.56 Å². The normalized spacial score (nSPS) is 14.5. The second-order valence-corrected chi connectivity index (χ2v) is 8.28. The largest absolute Gasteiger partial charge is 0.457 e. The van der Waals surface area contributed by atoms with Crippen LogP contribution in [0.3, 0.4) is 0 Å². The van der Waals surface area contributed by atoms with E-state index in [1.807, 2.05) is 4.90 Å². The molecule has 0 saturated carbocycles. The Balaban J connectivity index is 1.47. The van der Waals surface area contributed by atoms with E-state index >= 15 is 0 Å². The molecular weight excluding hydrogens is 474 g/mol. The zero-order valence-corrected chi connectivity index (χ0v) is 20.2. The van der Waals surface area contributed by atoms with Crippen molar-refractivity contribution in [2.45, 2.75) is 12.5 Å². The van der Waals surface area contributed by atoms with Crippen molar-refractivity contribution < 1.29 is 19.1 Å². The van der Waals surface area contributed by atoms with Gasteiger partial charge in [-0.15, -0.1) is 0 Å². The molecule has 1 aromatic carbocycles. The summed E-state index contributed by atoms with van der Waals surface area (Å²) < 4.78 is 5.83. The summed E-state index contributed by atoms with van der Waals surface area (Å²) in [5.41, 5.74) is 6.73. The van der Waals surface area contributed by atoms with Crippen LogP contribution in [0.2, 0.25) is 0 Å². The van der Waals surface area contributed by atoms with Crippen molar-refractivity contribution in [1.82, 2.24) is 20.6 Å². The third-order valence-corrected chi connectivity index (χ3v) is 5.73. The van der Waals surface area contributed by atoms with E-state index in [1.54, 1.807) is 48.5 Å². The van der Waals surface area contributed by atoms with Crippen LogP contribution in [0, 0.1) is 0 Å². The predicted octanol–water partition coefficient (Wildman–Crippen LogP) is 2.35. The number of hydrogen-bond donors (Lipinski definition) is 4. The zero-order valence-electron chi connectivity index (χ0n) is 20.2. The van der Waals surface area contributed by atoms with Gasteiger partial charge in [0.2, 0.25) is 5.91 Å². The van der Waals surface area contributed by atoms with E-state index in [1.165, 1.54) is 19.3 Å². The Bertz CT molecular complexity index is 1330. The van der Waals surface area contributed by atoms with Gasteiger partial charge >= 0.3 is 0 Å². The summed E-state index contributed by atoms with van der Waals surface area (Å²) in [5, 5.41) is 8.57. The van der Waals surface area contributed by atoms with Crippen molar-refractivity contribution in [3.05, 3.63) is 78.6 Å². The van der Waals surface area contributed by atoms with E-state index in [9.17, 15) is 14.4 Å². The van der Waals surface area contributed by atoms with Gasteiger partial charge in [-0.05, 0) is 55.0 Å². The first-order valence-electron chi connectivity index (χ1n) is 11.6. The molecule has 1 saturated heterocycles. The molecule has 11 nitrogen and oxygen atoms in total. The minimum absolute atomic E-state index is 0.0140. The van der Waals surface area contributed by atoms with E-state index < -0.39 is 5.91 Å². The molecule has 0 spiro atoms. The Morgan fingerprint density at radius 1 is 1.14 bits per heavy atom. The average molecular weight is 502 g/mol. The third-order valence-electron chi connectivity index (χ3n) is 5.73. The van der Waals surface area contributed by atoms with Crippen molar-refractivity contribution in [2.75, 3.05) is 30.4 Å². The number of nitrogens with zero attached hydrogens (tertiary/aromatic N) is 3. The first-order chi connectivity index (χ1) is 17.9. The molecule has 37 heavy (non-hydrogen) atoms. The highest BCUT2D eigenvalue weighted by molar-refractivity contribution is 5.98. The summed E-state index contributed by atoms with van der Waals surface area (Å²) in [7, 11) is 1.53. The summed E-state index contributed by atoms with van der Waals surface area (Å²) >= 11 is 0. The summed E-state index contributed by atoms with van der Waals surface area (Å²) in [5.74, 6) is 0.858. The summed E-state index contributed by atoms with van der Waals surface area (Å²) in [4.78, 5) is 46.1. The van der Waals surface area contributed by atoms with E-state index in [-0.39, 0.29) is 29.1 Å². The van der Waals surface area contributed by atoms with E-state index in [0.717, 1.165) is 6.42 Å². The second-order valence-electron chi connectivity index (χ2n) is 8.28. The van der Waals surface area contributed by atoms with E-state index in [0.29, 0.717) is 41.9 Å². The Kier molecular flexibility index (Phi) is 7.62. The molecule has 3 heterocycles. The lowest BCUT2D eigenvalue weighted by Crippen LogP contribution is -2.36. The van der Waals surface area contributed by atoms with Crippen LogP contribution in [0.4, 0.5) is 17.3 Å². The van der Waals surface area contributed by atoms with Crippen molar-refractivity contribution in [3.63, 3.8) is 0 Å². The Morgan fingerprint density at radius 3 is 2.62 bits per heavy atom. The zero-order chi connectivity index (χ0) is 26.4. The maximum Gasteiger partial charge on any atom is 0.269 e. The molecule has 2 aromatic heterocycles. The summed E-state index contributed by atoms with van der Waals surface area (Å²) in [6.07, 6.45) is 3.51. The summed E-state index contributed by atoms with van der Waals surface area (Å²) in [6.45, 7) is 4.77. The minimum Gasteiger partial charge on any atom is -0.457 e. The monoisotopic (exact) mass is 501 g/mol. The first-order valence-corrected chi connectivity index (χ1v) is 11.6. The molecule has 190 valence electrons. The van der Waals surface area contributed by atoms with Gasteiger partial charge in [-0.1, -0.05) is 6.58 Å². The fourth-order valence-electron chi connectivity index (χ4n) is 3.87. The lowest BCUT2D eigenvalue weighted by molar-refractivity contribution is -0.117. The predicted molar refractivity (Wildman–Crippen MR) is 139 cm³/mol. The number of hydrogen-bond acceptors (Lipinski definition) is 8. The number of nitrogens with two attached hydrogens (primary N) is 1. The van der Waals surface area contributed by atoms with Gasteiger partial charge in [0.15, 0.2) is 0 Å². The molecule has 5 N–H and O–H groups in total. The highest BCUT2D eigenvalue weighted by Crippen LogP contribution is 2.27. The van der Waals surface area contributed by atoms with Crippen molar-refractivity contribution in [3.8, 4) is 11.5 Å². The van der Waals surface area contributed by atoms with Crippen LogP contribution >= 0.6 is 0 Å². The molecule has 1 fully saturated rings. The molecule has 0 bridgehead atoms. The number of anilines is 3. The molecule has 1 aliphatic rings. The SMILES string of the molecule is C=CC(=O)N[C@H]1CCN(c2ccc(C(N)=O)c(Nc3ccc(Oc4ccnc(C(=O)NC)c4)cc3)n2)C1. The molecule has 0 radical (unpaired) electrons. The van der Waals surface area contributed by atoms with Crippen LogP contribution in [0.1, 0.15) is 27.3 Å². The second kappa shape index (κ2) is 11.2. The number of amides is 3. The molecule has 3 aromatic rings. The topological polar surface area (TPSA) is 152 Å². The van der Waals surface area contributed by atoms with Crippen LogP contribution in [-0.4, -0.2) is 53.9 Å². The summed E-state index contributed by atoms with van der Waals surface area (Å²) in [6, 6.07) is 13.6. The number of nitrogens with one attached hydrogen (secondary N) is 3. The highest BCUT2D eigenvalue weighted by Gasteiger charge is 2.25. The molecular formula is C26H27N7O4. The highest BCUT2D eigenvalue weighted by atomic mass is 16.5. The number of pyridine rings is 2. The number of aromatic nitrogens is 2. The number of primary amides is 1. The number of ether oxygens (including phenoxy) is 1. The molecule has 4 rings (SSSR count). The van der Waals surface area contributed by atoms with E-state index in [2.05, 4.69) is 32.5 Å². The quantitative estimate of drug-likeness (QED) is 0.326. The van der Waals surface area contributed by atoms with Gasteiger partial charge < -0.3 is 31.3 Å². The Morgan fingerprint density at radius 2 is 1.92 bits per heavy atom. The standard InChI is InChI=1S/C26H27N7O4/c1-3-23(34)30-17-11-13-33(15-17)22-9-8-20(24(27)35)25(32-22)31-16-4-6-18(7-5-16)37-19-10-12-29-21(14-19)26(36)28-2/h3-10,12,14,17H,1,11,13,15H2,2H3,(H2,27,35)(H,28,36)(H,30,34)(H,31,32)/t17-/m0/s1. The Labute approximate surface area is 213 Å². The van der Waals surface area contributed by atoms with Crippen LogP contribution in [0.25, 0.3) is 0 Å². The average Bonchev–Trinajstić information content (AvgIpc) is 3.37. The van der Waals surface area contributed by atoms with E-state index in [4.69, 9.17) is 10.5 Å². The van der Waals surface area contributed by atoms with Crippen molar-refractivity contribution in [1.29, 1.82) is 0 Å². The molecule has 0 unspecified atom stereocenters. The molecule has 0 aliphatic carbocycles. The van der Waals surface area contributed by atoms with Gasteiger partial charge in [-0.2, -0.15) is 0 Å². The van der Waals surface area contributed by atoms with Crippen LogP contribution in [0.5, 0.6) is 11.5 Å². The lowest BCUT2D eigenvalue weighted by atomic mass is 10.2. The van der Waals surface area contributed by atoms with Crippen LogP contribution in [0.15, 0.2) is 67.4 Å². The number of carbonyl (C=O) groups is 3. The number of benzene rings is 1. The van der Waals surface area contributed by atoms with Crippen molar-refractivity contribution in [2.24, 2.45) is 5.73 Å². The fourth-order valence-corrected chi connectivity index (χ4v) is 3.87. The van der Waals surface area contributed by atoms with Gasteiger partial charge in [0.25, 0.3) is 11.8 Å². The maximum absolute atomic E-state index is 12.0.